The second-order valence-corrected chi connectivity index (χ2v) is 11.7. The Bertz CT molecular complexity index is 1310. The molecule has 2 saturated heterocycles. The maximum atomic E-state index is 13.4. The molecule has 5 rings (SSSR count). The minimum Gasteiger partial charge on any atom is -0.395 e. The van der Waals surface area contributed by atoms with Crippen LogP contribution in [-0.2, 0) is 14.8 Å². The lowest BCUT2D eigenvalue weighted by Crippen LogP contribution is -2.37. The van der Waals surface area contributed by atoms with Crippen LogP contribution in [0.25, 0.3) is 0 Å². The van der Waals surface area contributed by atoms with Crippen LogP contribution < -0.4 is 25.4 Å². The van der Waals surface area contributed by atoms with Gasteiger partial charge in [-0.3, -0.25) is 24.6 Å². The number of ether oxygens (including phenoxy) is 1. The molecule has 1 aromatic carbocycles. The molecule has 200 valence electrons. The maximum absolute atomic E-state index is 13.4. The molecule has 3 fully saturated rings. The first-order valence-corrected chi connectivity index (χ1v) is 14.2. The molecule has 2 aromatic rings. The first kappa shape index (κ1) is 25.5. The predicted molar refractivity (Wildman–Crippen MR) is 140 cm³/mol. The number of nitrogens with zero attached hydrogens (tertiary/aromatic N) is 3. The van der Waals surface area contributed by atoms with Gasteiger partial charge in [-0.05, 0) is 49.3 Å². The van der Waals surface area contributed by atoms with E-state index in [4.69, 9.17) is 9.84 Å². The number of carbonyl (C=O) groups excluding carboxylic acids is 1. The summed E-state index contributed by atoms with van der Waals surface area (Å²) in [6, 6.07) is 6.11. The Kier molecular flexibility index (Phi) is 7.10. The molecule has 1 saturated carbocycles. The number of amides is 1. The second kappa shape index (κ2) is 10.3. The number of nitrogens with one attached hydrogen (secondary N) is 3. The van der Waals surface area contributed by atoms with Crippen LogP contribution in [0.3, 0.4) is 0 Å². The van der Waals surface area contributed by atoms with E-state index >= 15 is 0 Å². The Labute approximate surface area is 215 Å². The fourth-order valence-electron chi connectivity index (χ4n) is 4.93. The lowest BCUT2D eigenvalue weighted by molar-refractivity contribution is 0.102. The van der Waals surface area contributed by atoms with Gasteiger partial charge in [0.25, 0.3) is 11.5 Å². The SMILES string of the molecule is O=C(Nc1nc(N2CCOCC2)cc(=O)[nH]1)c1ccc(NS(=O)(=O)CCO)cc1N1CCC2(CC1)CC2. The van der Waals surface area contributed by atoms with Crippen molar-refractivity contribution in [2.75, 3.05) is 71.6 Å². The molecule has 12 nitrogen and oxygen atoms in total. The average molecular weight is 533 g/mol. The van der Waals surface area contributed by atoms with E-state index in [1.165, 1.54) is 25.0 Å². The number of aromatic amines is 1. The summed E-state index contributed by atoms with van der Waals surface area (Å²) in [4.78, 5) is 36.7. The highest BCUT2D eigenvalue weighted by atomic mass is 32.2. The number of aromatic nitrogens is 2. The summed E-state index contributed by atoms with van der Waals surface area (Å²) in [5.74, 6) is -0.390. The van der Waals surface area contributed by atoms with Gasteiger partial charge in [0.2, 0.25) is 16.0 Å². The first-order chi connectivity index (χ1) is 17.8. The largest absolute Gasteiger partial charge is 0.395 e. The van der Waals surface area contributed by atoms with Gasteiger partial charge in [0.1, 0.15) is 5.82 Å². The van der Waals surface area contributed by atoms with Gasteiger partial charge in [-0.25, -0.2) is 8.42 Å². The molecular formula is C24H32N6O6S. The van der Waals surface area contributed by atoms with E-state index in [1.54, 1.807) is 12.1 Å². The number of H-pyrrole nitrogens is 1. The standard InChI is InChI=1S/C24H32N6O6S/c31-11-14-37(34,35)28-17-1-2-18(19(15-17)29-7-5-24(3-4-24)6-8-29)22(33)27-23-25-20(16-21(32)26-23)30-9-12-36-13-10-30/h1-2,15-16,28,31H,3-14H2,(H2,25,26,27,32,33). The fraction of sp³-hybridized carbons (Fsp3) is 0.542. The third-order valence-electron chi connectivity index (χ3n) is 7.29. The van der Waals surface area contributed by atoms with Crippen molar-refractivity contribution in [1.29, 1.82) is 0 Å². The molecule has 2 aliphatic heterocycles. The normalized spacial score (nSPS) is 19.1. The van der Waals surface area contributed by atoms with Gasteiger partial charge in [-0.1, -0.05) is 0 Å². The van der Waals surface area contributed by atoms with E-state index in [9.17, 15) is 18.0 Å². The van der Waals surface area contributed by atoms with Crippen molar-refractivity contribution >= 4 is 39.1 Å². The molecule has 13 heteroatoms. The quantitative estimate of drug-likeness (QED) is 0.389. The average Bonchev–Trinajstić information content (AvgIpc) is 3.63. The summed E-state index contributed by atoms with van der Waals surface area (Å²) in [5, 5.41) is 11.8. The van der Waals surface area contributed by atoms with Crippen LogP contribution in [0.5, 0.6) is 0 Å². The number of benzene rings is 1. The van der Waals surface area contributed by atoms with Crippen LogP contribution in [0.15, 0.2) is 29.1 Å². The van der Waals surface area contributed by atoms with E-state index in [0.29, 0.717) is 54.5 Å². The Morgan fingerprint density at radius 2 is 1.81 bits per heavy atom. The van der Waals surface area contributed by atoms with Crippen molar-refractivity contribution in [3.63, 3.8) is 0 Å². The number of aliphatic hydroxyl groups is 1. The van der Waals surface area contributed by atoms with Gasteiger partial charge in [-0.2, -0.15) is 4.98 Å². The Morgan fingerprint density at radius 1 is 1.08 bits per heavy atom. The Morgan fingerprint density at radius 3 is 2.49 bits per heavy atom. The van der Waals surface area contributed by atoms with Gasteiger partial charge in [0.05, 0.1) is 42.5 Å². The first-order valence-electron chi connectivity index (χ1n) is 12.5. The topological polar surface area (TPSA) is 157 Å². The number of sulfonamides is 1. The molecular weight excluding hydrogens is 500 g/mol. The van der Waals surface area contributed by atoms with E-state index in [0.717, 1.165) is 25.9 Å². The second-order valence-electron chi connectivity index (χ2n) is 9.87. The zero-order valence-electron chi connectivity index (χ0n) is 20.5. The van der Waals surface area contributed by atoms with Crippen molar-refractivity contribution < 1.29 is 23.1 Å². The number of hydrogen-bond acceptors (Lipinski definition) is 9. The lowest BCUT2D eigenvalue weighted by atomic mass is 9.93. The highest BCUT2D eigenvalue weighted by Gasteiger charge is 2.44. The van der Waals surface area contributed by atoms with Crippen LogP contribution in [-0.4, -0.2) is 81.2 Å². The Hall–Kier alpha value is -3.16. The molecule has 4 N–H and O–H groups in total. The van der Waals surface area contributed by atoms with Crippen molar-refractivity contribution in [3.05, 3.63) is 40.2 Å². The summed E-state index contributed by atoms with van der Waals surface area (Å²) < 4.78 is 32.3. The van der Waals surface area contributed by atoms with E-state index in [-0.39, 0.29) is 11.5 Å². The lowest BCUT2D eigenvalue weighted by Gasteiger charge is -2.35. The third kappa shape index (κ3) is 6.05. The molecule has 1 spiro atoms. The molecule has 1 aromatic heterocycles. The van der Waals surface area contributed by atoms with Crippen molar-refractivity contribution in [3.8, 4) is 0 Å². The predicted octanol–water partition coefficient (Wildman–Crippen LogP) is 0.973. The summed E-state index contributed by atoms with van der Waals surface area (Å²) in [6.07, 6.45) is 4.50. The summed E-state index contributed by atoms with van der Waals surface area (Å²) in [5.41, 5.74) is 1.29. The van der Waals surface area contributed by atoms with Crippen LogP contribution >= 0.6 is 0 Å². The number of aliphatic hydroxyl groups excluding tert-OH is 1. The highest BCUT2D eigenvalue weighted by Crippen LogP contribution is 2.54. The van der Waals surface area contributed by atoms with Gasteiger partial charge in [0.15, 0.2) is 0 Å². The van der Waals surface area contributed by atoms with Crippen LogP contribution in [0.4, 0.5) is 23.1 Å². The zero-order chi connectivity index (χ0) is 26.0. The molecule has 1 aliphatic carbocycles. The number of rotatable bonds is 8. The molecule has 0 bridgehead atoms. The maximum Gasteiger partial charge on any atom is 0.260 e. The molecule has 0 unspecified atom stereocenters. The summed E-state index contributed by atoms with van der Waals surface area (Å²) in [6.45, 7) is 3.28. The smallest absolute Gasteiger partial charge is 0.260 e. The number of piperidine rings is 1. The Balaban J connectivity index is 1.41. The monoisotopic (exact) mass is 532 g/mol. The van der Waals surface area contributed by atoms with E-state index < -0.39 is 28.3 Å². The molecule has 3 heterocycles. The molecule has 1 amide bonds. The molecule has 0 radical (unpaired) electrons. The van der Waals surface area contributed by atoms with Crippen LogP contribution in [0.1, 0.15) is 36.0 Å². The third-order valence-corrected chi connectivity index (χ3v) is 8.56. The summed E-state index contributed by atoms with van der Waals surface area (Å²) >= 11 is 0. The molecule has 37 heavy (non-hydrogen) atoms. The number of hydrogen-bond donors (Lipinski definition) is 4. The fourth-order valence-corrected chi connectivity index (χ4v) is 5.76. The zero-order valence-corrected chi connectivity index (χ0v) is 21.3. The number of carbonyl (C=O) groups is 1. The van der Waals surface area contributed by atoms with Gasteiger partial charge in [-0.15, -0.1) is 0 Å². The van der Waals surface area contributed by atoms with E-state index in [1.807, 2.05) is 4.90 Å². The van der Waals surface area contributed by atoms with Crippen molar-refractivity contribution in [2.24, 2.45) is 5.41 Å². The molecule has 3 aliphatic rings. The molecule has 0 atom stereocenters. The number of anilines is 4. The van der Waals surface area contributed by atoms with Crippen molar-refractivity contribution in [1.82, 2.24) is 9.97 Å². The highest BCUT2D eigenvalue weighted by molar-refractivity contribution is 7.92. The van der Waals surface area contributed by atoms with E-state index in [2.05, 4.69) is 24.9 Å². The van der Waals surface area contributed by atoms with Crippen LogP contribution in [0.2, 0.25) is 0 Å². The number of morpholine rings is 1. The van der Waals surface area contributed by atoms with Gasteiger partial charge >= 0.3 is 0 Å². The minimum atomic E-state index is -3.73. The van der Waals surface area contributed by atoms with Gasteiger partial charge in [0, 0.05) is 32.2 Å². The van der Waals surface area contributed by atoms with Crippen molar-refractivity contribution in [2.45, 2.75) is 25.7 Å². The summed E-state index contributed by atoms with van der Waals surface area (Å²) in [7, 11) is -3.73. The minimum absolute atomic E-state index is 0.0354. The van der Waals surface area contributed by atoms with Gasteiger partial charge < -0.3 is 19.6 Å². The van der Waals surface area contributed by atoms with Crippen LogP contribution in [0, 0.1) is 5.41 Å².